The second kappa shape index (κ2) is 7.82. The number of nitrogens with one attached hydrogen (secondary N) is 1. The molecule has 9 heteroatoms. The lowest BCUT2D eigenvalue weighted by atomic mass is 10.1. The van der Waals surface area contributed by atoms with Crippen molar-refractivity contribution in [1.82, 2.24) is 5.32 Å². The largest absolute Gasteiger partial charge is 0.480 e. The van der Waals surface area contributed by atoms with Crippen LogP contribution in [0.1, 0.15) is 23.7 Å². The molecule has 1 unspecified atom stereocenters. The van der Waals surface area contributed by atoms with Crippen molar-refractivity contribution in [3.8, 4) is 0 Å². The van der Waals surface area contributed by atoms with Crippen molar-refractivity contribution in [1.29, 1.82) is 0 Å². The van der Waals surface area contributed by atoms with Gasteiger partial charge < -0.3 is 10.4 Å². The number of hydrogen-bond donors (Lipinski definition) is 2. The molecule has 1 atom stereocenters. The van der Waals surface area contributed by atoms with Crippen LogP contribution >= 0.6 is 0 Å². The highest BCUT2D eigenvalue weighted by molar-refractivity contribution is 7.91. The Morgan fingerprint density at radius 2 is 1.83 bits per heavy atom. The number of aliphatic carboxylic acids is 1. The number of hydrogen-bond acceptors (Lipinski definition) is 4. The number of carbonyl (C=O) groups excluding carboxylic acids is 1. The van der Waals surface area contributed by atoms with E-state index in [1.165, 1.54) is 0 Å². The average Bonchev–Trinajstić information content (AvgIpc) is 2.50. The number of alkyl halides is 2. The predicted octanol–water partition coefficient (Wildman–Crippen LogP) is 1.83. The van der Waals surface area contributed by atoms with E-state index >= 15 is 0 Å². The van der Waals surface area contributed by atoms with Gasteiger partial charge in [0.25, 0.3) is 5.91 Å². The van der Waals surface area contributed by atoms with Gasteiger partial charge in [0.2, 0.25) is 9.84 Å². The molecular formula is C14H15F2NO5S. The third-order valence-electron chi connectivity index (χ3n) is 2.89. The summed E-state index contributed by atoms with van der Waals surface area (Å²) >= 11 is 0. The Balaban J connectivity index is 2.91. The molecule has 126 valence electrons. The predicted molar refractivity (Wildman–Crippen MR) is 78.0 cm³/mol. The fraction of sp³-hybridized carbons (Fsp3) is 0.286. The number of amides is 1. The number of halogens is 2. The highest BCUT2D eigenvalue weighted by atomic mass is 32.2. The highest BCUT2D eigenvalue weighted by Crippen LogP contribution is 2.18. The monoisotopic (exact) mass is 347 g/mol. The summed E-state index contributed by atoms with van der Waals surface area (Å²) < 4.78 is 47.3. The van der Waals surface area contributed by atoms with Gasteiger partial charge in [-0.25, -0.2) is 13.2 Å². The molecule has 0 aliphatic heterocycles. The summed E-state index contributed by atoms with van der Waals surface area (Å²) in [7, 11) is -4.74. The van der Waals surface area contributed by atoms with Gasteiger partial charge in [-0.1, -0.05) is 12.2 Å². The van der Waals surface area contributed by atoms with E-state index < -0.39 is 38.4 Å². The smallest absolute Gasteiger partial charge is 0.341 e. The first-order valence-corrected chi connectivity index (χ1v) is 8.01. The van der Waals surface area contributed by atoms with E-state index in [0.29, 0.717) is 0 Å². The first kappa shape index (κ1) is 18.8. The topological polar surface area (TPSA) is 101 Å². The minimum atomic E-state index is -4.74. The molecule has 1 rings (SSSR count). The van der Waals surface area contributed by atoms with E-state index in [0.717, 1.165) is 24.3 Å². The van der Waals surface area contributed by atoms with Gasteiger partial charge in [-0.05, 0) is 37.6 Å². The molecule has 0 aliphatic carbocycles. The van der Waals surface area contributed by atoms with Gasteiger partial charge in [-0.2, -0.15) is 8.78 Å². The highest BCUT2D eigenvalue weighted by Gasteiger charge is 2.26. The van der Waals surface area contributed by atoms with Crippen LogP contribution in [0.25, 0.3) is 0 Å². The van der Waals surface area contributed by atoms with E-state index in [1.807, 2.05) is 0 Å². The Morgan fingerprint density at radius 3 is 2.26 bits per heavy atom. The van der Waals surface area contributed by atoms with E-state index in [1.54, 1.807) is 19.1 Å². The molecule has 1 aromatic rings. The zero-order valence-electron chi connectivity index (χ0n) is 12.1. The van der Waals surface area contributed by atoms with Crippen LogP contribution in [-0.2, 0) is 14.6 Å². The van der Waals surface area contributed by atoms with Crippen molar-refractivity contribution in [2.75, 3.05) is 0 Å². The molecule has 0 spiro atoms. The van der Waals surface area contributed by atoms with Crippen molar-refractivity contribution < 1.29 is 31.9 Å². The van der Waals surface area contributed by atoms with Crippen LogP contribution in [0, 0.1) is 0 Å². The zero-order valence-corrected chi connectivity index (χ0v) is 12.9. The molecule has 0 heterocycles. The normalized spacial score (nSPS) is 13.2. The number of carboxylic acid groups (broad SMARTS) is 1. The third kappa shape index (κ3) is 4.85. The zero-order chi connectivity index (χ0) is 17.6. The van der Waals surface area contributed by atoms with Crippen molar-refractivity contribution in [3.05, 3.63) is 42.0 Å². The second-order valence-electron chi connectivity index (χ2n) is 4.50. The minimum absolute atomic E-state index is 0.0371. The lowest BCUT2D eigenvalue weighted by Gasteiger charge is -2.13. The summed E-state index contributed by atoms with van der Waals surface area (Å²) in [4.78, 5) is 22.3. The van der Waals surface area contributed by atoms with E-state index in [9.17, 15) is 26.8 Å². The first-order valence-electron chi connectivity index (χ1n) is 6.47. The fourth-order valence-corrected chi connectivity index (χ4v) is 2.36. The van der Waals surface area contributed by atoms with Gasteiger partial charge >= 0.3 is 11.7 Å². The second-order valence-corrected chi connectivity index (χ2v) is 6.42. The number of carboxylic acids is 1. The summed E-state index contributed by atoms with van der Waals surface area (Å²) in [6.45, 7) is 1.70. The fourth-order valence-electron chi connectivity index (χ4n) is 1.63. The van der Waals surface area contributed by atoms with Gasteiger partial charge in [0.15, 0.2) is 0 Å². The van der Waals surface area contributed by atoms with Gasteiger partial charge in [0.05, 0.1) is 4.90 Å². The van der Waals surface area contributed by atoms with Gasteiger partial charge in [-0.15, -0.1) is 0 Å². The van der Waals surface area contributed by atoms with Crippen LogP contribution < -0.4 is 5.32 Å². The standard InChI is InChI=1S/C14H15F2NO5S/c1-2-3-4-11(13(19)20)17-12(18)9-5-7-10(8-6-9)23(21,22)14(15)16/h2-3,5-8,11,14H,4H2,1H3,(H,17,18)(H,19,20)/b3-2+. The van der Waals surface area contributed by atoms with E-state index in [4.69, 9.17) is 5.11 Å². The summed E-state index contributed by atoms with van der Waals surface area (Å²) in [6, 6.07) is 2.68. The molecule has 6 nitrogen and oxygen atoms in total. The van der Waals surface area contributed by atoms with Crippen LogP contribution in [0.15, 0.2) is 41.3 Å². The Kier molecular flexibility index (Phi) is 6.38. The molecule has 1 aromatic carbocycles. The van der Waals surface area contributed by atoms with Crippen molar-refractivity contribution in [2.45, 2.75) is 30.0 Å². The van der Waals surface area contributed by atoms with Crippen LogP contribution in [0.3, 0.4) is 0 Å². The summed E-state index contributed by atoms with van der Waals surface area (Å²) in [5.41, 5.74) is -0.0371. The molecule has 0 saturated heterocycles. The van der Waals surface area contributed by atoms with E-state index in [-0.39, 0.29) is 12.0 Å². The van der Waals surface area contributed by atoms with Crippen molar-refractivity contribution in [3.63, 3.8) is 0 Å². The van der Waals surface area contributed by atoms with Crippen molar-refractivity contribution >= 4 is 21.7 Å². The van der Waals surface area contributed by atoms with Crippen LogP contribution in [0.4, 0.5) is 8.78 Å². The molecule has 0 fully saturated rings. The van der Waals surface area contributed by atoms with Crippen LogP contribution in [-0.4, -0.2) is 37.2 Å². The van der Waals surface area contributed by atoms with Crippen molar-refractivity contribution in [2.24, 2.45) is 0 Å². The number of carbonyl (C=O) groups is 2. The SMILES string of the molecule is C/C=C/CC(NC(=O)c1ccc(S(=O)(=O)C(F)F)cc1)C(=O)O. The van der Waals surface area contributed by atoms with Gasteiger partial charge in [0.1, 0.15) is 6.04 Å². The molecule has 0 aromatic heterocycles. The average molecular weight is 347 g/mol. The minimum Gasteiger partial charge on any atom is -0.480 e. The number of benzene rings is 1. The molecular weight excluding hydrogens is 332 g/mol. The van der Waals surface area contributed by atoms with Crippen LogP contribution in [0.2, 0.25) is 0 Å². The van der Waals surface area contributed by atoms with Gasteiger partial charge in [0, 0.05) is 5.56 Å². The quantitative estimate of drug-likeness (QED) is 0.733. The number of rotatable bonds is 7. The maximum atomic E-state index is 12.4. The van der Waals surface area contributed by atoms with Crippen LogP contribution in [0.5, 0.6) is 0 Å². The molecule has 2 N–H and O–H groups in total. The van der Waals surface area contributed by atoms with Gasteiger partial charge in [-0.3, -0.25) is 4.79 Å². The number of sulfone groups is 1. The maximum absolute atomic E-state index is 12.4. The molecule has 23 heavy (non-hydrogen) atoms. The Morgan fingerprint density at radius 1 is 1.26 bits per heavy atom. The molecule has 0 aliphatic rings. The first-order chi connectivity index (χ1) is 10.7. The lowest BCUT2D eigenvalue weighted by molar-refractivity contribution is -0.139. The Labute approximate surface area is 131 Å². The summed E-state index contributed by atoms with van der Waals surface area (Å²) in [5.74, 6) is -5.53. The molecule has 0 saturated carbocycles. The maximum Gasteiger partial charge on any atom is 0.341 e. The third-order valence-corrected chi connectivity index (χ3v) is 4.29. The number of allylic oxidation sites excluding steroid dienone is 1. The molecule has 0 radical (unpaired) electrons. The Bertz CT molecular complexity index is 698. The summed E-state index contributed by atoms with van der Waals surface area (Å²) in [6.07, 6.45) is 3.28. The molecule has 0 bridgehead atoms. The summed E-state index contributed by atoms with van der Waals surface area (Å²) in [5, 5.41) is 11.3. The van der Waals surface area contributed by atoms with E-state index in [2.05, 4.69) is 5.32 Å². The molecule has 1 amide bonds. The Hall–Kier alpha value is -2.29. The lowest BCUT2D eigenvalue weighted by Crippen LogP contribution is -2.40.